The van der Waals surface area contributed by atoms with Gasteiger partial charge in [-0.25, -0.2) is 13.1 Å². The van der Waals surface area contributed by atoms with Crippen molar-refractivity contribution in [2.45, 2.75) is 17.9 Å². The van der Waals surface area contributed by atoms with E-state index in [1.807, 2.05) is 0 Å². The van der Waals surface area contributed by atoms with Crippen LogP contribution in [0.15, 0.2) is 46.0 Å². The molecule has 8 heteroatoms. The number of aryl methyl sites for hydroxylation is 1. The Labute approximate surface area is 120 Å². The van der Waals surface area contributed by atoms with E-state index in [-0.39, 0.29) is 4.90 Å². The van der Waals surface area contributed by atoms with Gasteiger partial charge in [-0.05, 0) is 30.7 Å². The van der Waals surface area contributed by atoms with Crippen molar-refractivity contribution < 1.29 is 8.42 Å². The molecule has 2 aromatic rings. The Bertz CT molecular complexity index is 611. The maximum atomic E-state index is 11.9. The molecular weight excluding hydrogens is 332 g/mol. The van der Waals surface area contributed by atoms with Crippen LogP contribution in [0, 0.1) is 0 Å². The molecule has 0 fully saturated rings. The van der Waals surface area contributed by atoms with Gasteiger partial charge in [-0.3, -0.25) is 4.68 Å². The Balaban J connectivity index is 1.86. The van der Waals surface area contributed by atoms with E-state index in [1.165, 1.54) is 0 Å². The van der Waals surface area contributed by atoms with Crippen LogP contribution < -0.4 is 4.72 Å². The Morgan fingerprint density at radius 1 is 1.26 bits per heavy atom. The highest BCUT2D eigenvalue weighted by atomic mass is 79.9. The Morgan fingerprint density at radius 3 is 2.63 bits per heavy atom. The Kier molecular flexibility index (Phi) is 4.67. The number of nitrogens with zero attached hydrogens (tertiary/aromatic N) is 3. The minimum atomic E-state index is -3.43. The van der Waals surface area contributed by atoms with Crippen LogP contribution >= 0.6 is 15.9 Å². The van der Waals surface area contributed by atoms with E-state index >= 15 is 0 Å². The van der Waals surface area contributed by atoms with Gasteiger partial charge in [-0.15, -0.1) is 5.10 Å². The lowest BCUT2D eigenvalue weighted by Crippen LogP contribution is -2.25. The zero-order chi connectivity index (χ0) is 13.7. The summed E-state index contributed by atoms with van der Waals surface area (Å²) in [5, 5.41) is 7.48. The maximum Gasteiger partial charge on any atom is 0.240 e. The molecule has 0 aliphatic carbocycles. The third-order valence-corrected chi connectivity index (χ3v) is 4.46. The first-order valence-electron chi connectivity index (χ1n) is 5.67. The first kappa shape index (κ1) is 14.2. The predicted molar refractivity (Wildman–Crippen MR) is 74.0 cm³/mol. The monoisotopic (exact) mass is 344 g/mol. The van der Waals surface area contributed by atoms with Crippen molar-refractivity contribution in [3.8, 4) is 0 Å². The second kappa shape index (κ2) is 6.27. The van der Waals surface area contributed by atoms with Crippen LogP contribution in [-0.4, -0.2) is 30.0 Å². The van der Waals surface area contributed by atoms with Crippen molar-refractivity contribution in [2.24, 2.45) is 0 Å². The maximum absolute atomic E-state index is 11.9. The summed E-state index contributed by atoms with van der Waals surface area (Å²) in [6.45, 7) is 0.987. The van der Waals surface area contributed by atoms with Crippen LogP contribution in [0.25, 0.3) is 0 Å². The summed E-state index contributed by atoms with van der Waals surface area (Å²) in [4.78, 5) is 0.261. The molecule has 2 rings (SSSR count). The van der Waals surface area contributed by atoms with Gasteiger partial charge in [-0.1, -0.05) is 21.1 Å². The molecule has 0 unspecified atom stereocenters. The number of halogens is 1. The summed E-state index contributed by atoms with van der Waals surface area (Å²) in [6, 6.07) is 6.52. The van der Waals surface area contributed by atoms with Crippen molar-refractivity contribution in [3.63, 3.8) is 0 Å². The summed E-state index contributed by atoms with van der Waals surface area (Å²) in [5.41, 5.74) is 0. The summed E-state index contributed by atoms with van der Waals surface area (Å²) in [5.74, 6) is 0. The van der Waals surface area contributed by atoms with Gasteiger partial charge in [0.1, 0.15) is 0 Å². The first-order valence-corrected chi connectivity index (χ1v) is 7.95. The number of hydrogen-bond acceptors (Lipinski definition) is 4. The third-order valence-electron chi connectivity index (χ3n) is 2.45. The van der Waals surface area contributed by atoms with Crippen molar-refractivity contribution in [3.05, 3.63) is 41.1 Å². The molecule has 1 heterocycles. The van der Waals surface area contributed by atoms with Gasteiger partial charge in [0.2, 0.25) is 10.0 Å². The van der Waals surface area contributed by atoms with Crippen LogP contribution in [0.3, 0.4) is 0 Å². The first-order chi connectivity index (χ1) is 9.08. The molecule has 1 aromatic carbocycles. The number of benzene rings is 1. The smallest absolute Gasteiger partial charge is 0.240 e. The van der Waals surface area contributed by atoms with E-state index in [1.54, 1.807) is 41.3 Å². The Hall–Kier alpha value is -1.25. The van der Waals surface area contributed by atoms with Gasteiger partial charge in [0.15, 0.2) is 0 Å². The molecule has 0 saturated heterocycles. The Morgan fingerprint density at radius 2 is 2.00 bits per heavy atom. The molecule has 1 aromatic heterocycles. The van der Waals surface area contributed by atoms with Crippen molar-refractivity contribution in [1.29, 1.82) is 0 Å². The third kappa shape index (κ3) is 4.12. The normalized spacial score (nSPS) is 11.6. The van der Waals surface area contributed by atoms with Gasteiger partial charge >= 0.3 is 0 Å². The van der Waals surface area contributed by atoms with Gasteiger partial charge in [-0.2, -0.15) is 0 Å². The molecule has 0 aliphatic rings. The number of rotatable bonds is 6. The topological polar surface area (TPSA) is 76.9 Å². The molecule has 0 aliphatic heterocycles. The fourth-order valence-corrected chi connectivity index (χ4v) is 2.84. The average Bonchev–Trinajstić information content (AvgIpc) is 2.88. The summed E-state index contributed by atoms with van der Waals surface area (Å²) in [7, 11) is -3.43. The summed E-state index contributed by atoms with van der Waals surface area (Å²) >= 11 is 3.27. The fraction of sp³-hybridized carbons (Fsp3) is 0.273. The quantitative estimate of drug-likeness (QED) is 0.803. The van der Waals surface area contributed by atoms with Crippen LogP contribution in [0.5, 0.6) is 0 Å². The van der Waals surface area contributed by atoms with Crippen molar-refractivity contribution in [2.75, 3.05) is 6.54 Å². The summed E-state index contributed by atoms with van der Waals surface area (Å²) < 4.78 is 28.9. The highest BCUT2D eigenvalue weighted by Gasteiger charge is 2.12. The van der Waals surface area contributed by atoms with Crippen LogP contribution in [0.1, 0.15) is 6.42 Å². The summed E-state index contributed by atoms with van der Waals surface area (Å²) in [6.07, 6.45) is 3.98. The second-order valence-corrected chi connectivity index (χ2v) is 6.55. The molecule has 102 valence electrons. The average molecular weight is 345 g/mol. The fourth-order valence-electron chi connectivity index (χ4n) is 1.50. The van der Waals surface area contributed by atoms with Crippen LogP contribution in [0.2, 0.25) is 0 Å². The van der Waals surface area contributed by atoms with E-state index in [0.717, 1.165) is 4.47 Å². The molecule has 1 N–H and O–H groups in total. The van der Waals surface area contributed by atoms with Crippen molar-refractivity contribution in [1.82, 2.24) is 19.7 Å². The van der Waals surface area contributed by atoms with E-state index < -0.39 is 10.0 Å². The number of sulfonamides is 1. The second-order valence-electron chi connectivity index (χ2n) is 3.87. The minimum Gasteiger partial charge on any atom is -0.253 e. The van der Waals surface area contributed by atoms with Crippen LogP contribution in [-0.2, 0) is 16.6 Å². The zero-order valence-electron chi connectivity index (χ0n) is 10.0. The van der Waals surface area contributed by atoms with E-state index in [4.69, 9.17) is 0 Å². The van der Waals surface area contributed by atoms with Gasteiger partial charge in [0.05, 0.1) is 11.1 Å². The van der Waals surface area contributed by atoms with Crippen molar-refractivity contribution >= 4 is 26.0 Å². The molecule has 19 heavy (non-hydrogen) atoms. The lowest BCUT2D eigenvalue weighted by Gasteiger charge is -2.06. The largest absolute Gasteiger partial charge is 0.253 e. The highest BCUT2D eigenvalue weighted by molar-refractivity contribution is 9.10. The SMILES string of the molecule is O=S(=O)(NCCCn1ccnn1)c1ccc(Br)cc1. The highest BCUT2D eigenvalue weighted by Crippen LogP contribution is 2.14. The molecule has 0 saturated carbocycles. The van der Waals surface area contributed by atoms with E-state index in [2.05, 4.69) is 31.0 Å². The molecule has 6 nitrogen and oxygen atoms in total. The van der Waals surface area contributed by atoms with Gasteiger partial charge in [0, 0.05) is 23.8 Å². The zero-order valence-corrected chi connectivity index (χ0v) is 12.4. The van der Waals surface area contributed by atoms with E-state index in [0.29, 0.717) is 19.5 Å². The lowest BCUT2D eigenvalue weighted by atomic mass is 10.4. The molecule has 0 radical (unpaired) electrons. The number of hydrogen-bond donors (Lipinski definition) is 1. The number of aromatic nitrogens is 3. The van der Waals surface area contributed by atoms with E-state index in [9.17, 15) is 8.42 Å². The van der Waals surface area contributed by atoms with Gasteiger partial charge < -0.3 is 0 Å². The predicted octanol–water partition coefficient (Wildman–Crippen LogP) is 1.41. The van der Waals surface area contributed by atoms with Gasteiger partial charge in [0.25, 0.3) is 0 Å². The molecular formula is C11H13BrN4O2S. The van der Waals surface area contributed by atoms with Crippen LogP contribution in [0.4, 0.5) is 0 Å². The molecule has 0 atom stereocenters. The standard InChI is InChI=1S/C11H13BrN4O2S/c12-10-2-4-11(5-3-10)19(17,18)14-6-1-8-16-9-7-13-15-16/h2-5,7,9,14H,1,6,8H2. The number of nitrogens with one attached hydrogen (secondary N) is 1. The molecule has 0 spiro atoms. The molecule has 0 amide bonds. The lowest BCUT2D eigenvalue weighted by molar-refractivity contribution is 0.542. The molecule has 0 bridgehead atoms. The minimum absolute atomic E-state index is 0.261.